The number of hydrogen-bond acceptors (Lipinski definition) is 2. The van der Waals surface area contributed by atoms with Gasteiger partial charge in [-0.1, -0.05) is 48.0 Å². The van der Waals surface area contributed by atoms with Crippen LogP contribution in [0.1, 0.15) is 11.1 Å². The predicted molar refractivity (Wildman–Crippen MR) is 78.5 cm³/mol. The zero-order valence-electron chi connectivity index (χ0n) is 9.69. The fraction of sp³-hybridized carbons (Fsp3) is 0.0714. The molecule has 0 aliphatic rings. The highest BCUT2D eigenvalue weighted by molar-refractivity contribution is 7.98. The first kappa shape index (κ1) is 13.0. The molecule has 0 unspecified atom stereocenters. The molecule has 0 saturated heterocycles. The van der Waals surface area contributed by atoms with Gasteiger partial charge in [-0.2, -0.15) is 0 Å². The van der Waals surface area contributed by atoms with Crippen molar-refractivity contribution < 1.29 is 0 Å². The number of hydrogen-bond donors (Lipinski definition) is 2. The summed E-state index contributed by atoms with van der Waals surface area (Å²) in [6.07, 6.45) is 0. The van der Waals surface area contributed by atoms with Crippen LogP contribution in [0.5, 0.6) is 0 Å². The van der Waals surface area contributed by atoms with Gasteiger partial charge in [-0.05, 0) is 17.7 Å². The minimum Gasteiger partial charge on any atom is -0.384 e. The van der Waals surface area contributed by atoms with Crippen molar-refractivity contribution in [2.24, 2.45) is 5.73 Å². The summed E-state index contributed by atoms with van der Waals surface area (Å²) in [4.78, 5) is 1.00. The Labute approximate surface area is 116 Å². The molecule has 0 saturated carbocycles. The van der Waals surface area contributed by atoms with E-state index in [2.05, 4.69) is 0 Å². The summed E-state index contributed by atoms with van der Waals surface area (Å²) in [5.41, 5.74) is 7.42. The van der Waals surface area contributed by atoms with E-state index in [9.17, 15) is 0 Å². The molecule has 2 nitrogen and oxygen atoms in total. The largest absolute Gasteiger partial charge is 0.384 e. The molecule has 0 fully saturated rings. The third-order valence-electron chi connectivity index (χ3n) is 2.52. The van der Waals surface area contributed by atoms with Gasteiger partial charge in [0.1, 0.15) is 5.84 Å². The van der Waals surface area contributed by atoms with Gasteiger partial charge < -0.3 is 5.73 Å². The number of halogens is 1. The minimum absolute atomic E-state index is 0.0947. The van der Waals surface area contributed by atoms with Crippen molar-refractivity contribution >= 4 is 29.2 Å². The van der Waals surface area contributed by atoms with Crippen LogP contribution in [0.15, 0.2) is 53.4 Å². The van der Waals surface area contributed by atoms with Gasteiger partial charge in [0.25, 0.3) is 0 Å². The van der Waals surface area contributed by atoms with Crippen LogP contribution in [0.3, 0.4) is 0 Å². The standard InChI is InChI=1S/C14H13ClN2S/c15-12-7-3-1-5-10(12)9-18-13-8-4-2-6-11(13)14(16)17/h1-8H,9H2,(H3,16,17). The fourth-order valence-electron chi connectivity index (χ4n) is 1.59. The molecule has 0 radical (unpaired) electrons. The second-order valence-electron chi connectivity index (χ2n) is 3.79. The van der Waals surface area contributed by atoms with Crippen molar-refractivity contribution in [3.05, 3.63) is 64.7 Å². The Morgan fingerprint density at radius 3 is 2.50 bits per heavy atom. The highest BCUT2D eigenvalue weighted by Gasteiger charge is 2.06. The summed E-state index contributed by atoms with van der Waals surface area (Å²) in [5, 5.41) is 8.31. The molecule has 2 aromatic rings. The number of benzene rings is 2. The smallest absolute Gasteiger partial charge is 0.123 e. The van der Waals surface area contributed by atoms with E-state index >= 15 is 0 Å². The van der Waals surface area contributed by atoms with Crippen molar-refractivity contribution in [1.82, 2.24) is 0 Å². The van der Waals surface area contributed by atoms with Crippen LogP contribution < -0.4 is 5.73 Å². The first-order valence-electron chi connectivity index (χ1n) is 5.48. The highest BCUT2D eigenvalue weighted by atomic mass is 35.5. The van der Waals surface area contributed by atoms with Crippen LogP contribution in [0, 0.1) is 5.41 Å². The summed E-state index contributed by atoms with van der Waals surface area (Å²) >= 11 is 7.75. The number of nitrogens with one attached hydrogen (secondary N) is 1. The normalized spacial score (nSPS) is 10.3. The van der Waals surface area contributed by atoms with Gasteiger partial charge in [0.2, 0.25) is 0 Å². The van der Waals surface area contributed by atoms with Crippen molar-refractivity contribution in [3.63, 3.8) is 0 Å². The van der Waals surface area contributed by atoms with E-state index in [-0.39, 0.29) is 5.84 Å². The SMILES string of the molecule is N=C(N)c1ccccc1SCc1ccccc1Cl. The van der Waals surface area contributed by atoms with E-state index in [1.165, 1.54) is 0 Å². The fourth-order valence-corrected chi connectivity index (χ4v) is 2.94. The van der Waals surface area contributed by atoms with Crippen LogP contribution in [0.25, 0.3) is 0 Å². The molecule has 0 aliphatic heterocycles. The molecule has 2 aromatic carbocycles. The maximum atomic E-state index is 7.54. The lowest BCUT2D eigenvalue weighted by atomic mass is 10.2. The maximum absolute atomic E-state index is 7.54. The van der Waals surface area contributed by atoms with Gasteiger partial charge in [0, 0.05) is 21.2 Å². The molecule has 2 rings (SSSR count). The van der Waals surface area contributed by atoms with Crippen LogP contribution >= 0.6 is 23.4 Å². The Balaban J connectivity index is 2.16. The van der Waals surface area contributed by atoms with Crippen molar-refractivity contribution in [2.45, 2.75) is 10.6 Å². The van der Waals surface area contributed by atoms with Crippen molar-refractivity contribution in [1.29, 1.82) is 5.41 Å². The molecule has 0 spiro atoms. The Morgan fingerprint density at radius 1 is 1.11 bits per heavy atom. The maximum Gasteiger partial charge on any atom is 0.123 e. The Bertz CT molecular complexity index is 569. The van der Waals surface area contributed by atoms with Crippen molar-refractivity contribution in [2.75, 3.05) is 0 Å². The predicted octanol–water partition coefficient (Wildman–Crippen LogP) is 3.92. The van der Waals surface area contributed by atoms with E-state index in [1.807, 2.05) is 48.5 Å². The molecule has 0 amide bonds. The number of amidine groups is 1. The molecule has 0 aromatic heterocycles. The molecule has 4 heteroatoms. The van der Waals surface area contributed by atoms with E-state index in [0.29, 0.717) is 0 Å². The Hall–Kier alpha value is -1.45. The van der Waals surface area contributed by atoms with Gasteiger partial charge in [-0.3, -0.25) is 5.41 Å². The molecule has 0 atom stereocenters. The van der Waals surface area contributed by atoms with Gasteiger partial charge in [0.05, 0.1) is 0 Å². The molecule has 0 aliphatic carbocycles. The van der Waals surface area contributed by atoms with Gasteiger partial charge in [-0.25, -0.2) is 0 Å². The Kier molecular flexibility index (Phi) is 4.28. The zero-order chi connectivity index (χ0) is 13.0. The summed E-state index contributed by atoms with van der Waals surface area (Å²) in [6, 6.07) is 15.4. The van der Waals surface area contributed by atoms with Crippen molar-refractivity contribution in [3.8, 4) is 0 Å². The molecule has 92 valence electrons. The van der Waals surface area contributed by atoms with Crippen LogP contribution in [-0.4, -0.2) is 5.84 Å². The summed E-state index contributed by atoms with van der Waals surface area (Å²) < 4.78 is 0. The molecule has 18 heavy (non-hydrogen) atoms. The zero-order valence-corrected chi connectivity index (χ0v) is 11.3. The first-order chi connectivity index (χ1) is 8.68. The summed E-state index contributed by atoms with van der Waals surface area (Å²) in [7, 11) is 0. The molecular weight excluding hydrogens is 264 g/mol. The second kappa shape index (κ2) is 5.94. The van der Waals surface area contributed by atoms with E-state index in [1.54, 1.807) is 11.8 Å². The molecule has 3 N–H and O–H groups in total. The van der Waals surface area contributed by atoms with E-state index < -0.39 is 0 Å². The Morgan fingerprint density at radius 2 is 1.78 bits per heavy atom. The quantitative estimate of drug-likeness (QED) is 0.505. The van der Waals surface area contributed by atoms with Gasteiger partial charge in [0.15, 0.2) is 0 Å². The lowest BCUT2D eigenvalue weighted by Gasteiger charge is -2.08. The third kappa shape index (κ3) is 3.06. The monoisotopic (exact) mass is 276 g/mol. The number of thioether (sulfide) groups is 1. The average Bonchev–Trinajstić information content (AvgIpc) is 2.38. The van der Waals surface area contributed by atoms with E-state index in [0.717, 1.165) is 26.8 Å². The number of nitrogen functional groups attached to an aromatic ring is 1. The lowest BCUT2D eigenvalue weighted by Crippen LogP contribution is -2.12. The average molecular weight is 277 g/mol. The number of nitrogens with two attached hydrogens (primary N) is 1. The molecule has 0 heterocycles. The summed E-state index contributed by atoms with van der Waals surface area (Å²) in [5.74, 6) is 0.863. The lowest BCUT2D eigenvalue weighted by molar-refractivity contribution is 1.32. The van der Waals surface area contributed by atoms with E-state index in [4.69, 9.17) is 22.7 Å². The highest BCUT2D eigenvalue weighted by Crippen LogP contribution is 2.28. The third-order valence-corrected chi connectivity index (χ3v) is 4.01. The molecular formula is C14H13ClN2S. The summed E-state index contributed by atoms with van der Waals surface area (Å²) in [6.45, 7) is 0. The van der Waals surface area contributed by atoms with Crippen LogP contribution in [0.2, 0.25) is 5.02 Å². The second-order valence-corrected chi connectivity index (χ2v) is 5.21. The molecule has 0 bridgehead atoms. The van der Waals surface area contributed by atoms with Gasteiger partial charge in [-0.15, -0.1) is 11.8 Å². The van der Waals surface area contributed by atoms with Crippen LogP contribution in [-0.2, 0) is 5.75 Å². The minimum atomic E-state index is 0.0947. The van der Waals surface area contributed by atoms with Gasteiger partial charge >= 0.3 is 0 Å². The number of rotatable bonds is 4. The topological polar surface area (TPSA) is 49.9 Å². The van der Waals surface area contributed by atoms with Crippen LogP contribution in [0.4, 0.5) is 0 Å². The first-order valence-corrected chi connectivity index (χ1v) is 6.84.